The zero-order chi connectivity index (χ0) is 15.4. The maximum atomic E-state index is 13.5. The lowest BCUT2D eigenvalue weighted by Gasteiger charge is -1.99. The number of hydrogen-bond donors (Lipinski definition) is 1. The highest BCUT2D eigenvalue weighted by Gasteiger charge is 2.06. The molecular formula is C15H14BrFN2O2. The molecule has 1 aromatic carbocycles. The number of rotatable bonds is 4. The second kappa shape index (κ2) is 6.67. The molecule has 6 heteroatoms. The van der Waals surface area contributed by atoms with Gasteiger partial charge in [0.15, 0.2) is 0 Å². The monoisotopic (exact) mass is 352 g/mol. The molecular weight excluding hydrogens is 339 g/mol. The van der Waals surface area contributed by atoms with E-state index >= 15 is 0 Å². The van der Waals surface area contributed by atoms with E-state index in [9.17, 15) is 9.18 Å². The topological polar surface area (TPSA) is 55.1 Å². The van der Waals surface area contributed by atoms with E-state index < -0.39 is 0 Å². The Morgan fingerprint density at radius 3 is 2.90 bits per heavy atom. The van der Waals surface area contributed by atoms with Gasteiger partial charge in [-0.25, -0.2) is 9.37 Å². The largest absolute Gasteiger partial charge is 0.444 e. The third-order valence-corrected chi connectivity index (χ3v) is 3.35. The van der Waals surface area contributed by atoms with Crippen LogP contribution < -0.4 is 5.32 Å². The molecule has 2 aromatic rings. The van der Waals surface area contributed by atoms with Gasteiger partial charge in [-0.3, -0.25) is 4.79 Å². The maximum Gasteiger partial charge on any atom is 0.244 e. The van der Waals surface area contributed by atoms with Crippen LogP contribution in [0.1, 0.15) is 22.9 Å². The van der Waals surface area contributed by atoms with Crippen molar-refractivity contribution in [3.63, 3.8) is 0 Å². The van der Waals surface area contributed by atoms with Crippen molar-refractivity contribution in [3.05, 3.63) is 57.5 Å². The Balaban J connectivity index is 1.95. The summed E-state index contributed by atoms with van der Waals surface area (Å²) in [7, 11) is 0. The molecule has 4 nitrogen and oxygen atoms in total. The Hall–Kier alpha value is -1.95. The Kier molecular flexibility index (Phi) is 4.90. The fourth-order valence-corrected chi connectivity index (χ4v) is 2.02. The summed E-state index contributed by atoms with van der Waals surface area (Å²) in [6.07, 6.45) is 2.69. The van der Waals surface area contributed by atoms with Crippen LogP contribution in [0.15, 0.2) is 33.2 Å². The lowest BCUT2D eigenvalue weighted by molar-refractivity contribution is -0.116. The number of hydrogen-bond acceptors (Lipinski definition) is 3. The molecule has 0 aliphatic carbocycles. The number of oxazole rings is 1. The Labute approximate surface area is 130 Å². The van der Waals surface area contributed by atoms with Crippen LogP contribution >= 0.6 is 15.9 Å². The first-order valence-electron chi connectivity index (χ1n) is 6.29. The molecule has 0 saturated carbocycles. The molecule has 110 valence electrons. The van der Waals surface area contributed by atoms with Crippen molar-refractivity contribution in [1.82, 2.24) is 10.3 Å². The Morgan fingerprint density at radius 2 is 2.24 bits per heavy atom. The minimum atomic E-state index is -0.388. The smallest absolute Gasteiger partial charge is 0.244 e. The molecule has 0 radical (unpaired) electrons. The van der Waals surface area contributed by atoms with E-state index in [0.717, 1.165) is 15.9 Å². The zero-order valence-corrected chi connectivity index (χ0v) is 13.2. The summed E-state index contributed by atoms with van der Waals surface area (Å²) in [5, 5.41) is 2.63. The molecule has 1 heterocycles. The summed E-state index contributed by atoms with van der Waals surface area (Å²) in [6.45, 7) is 3.84. The number of nitrogens with zero attached hydrogens (tertiary/aromatic N) is 1. The first-order chi connectivity index (χ1) is 9.95. The van der Waals surface area contributed by atoms with Crippen LogP contribution in [0.4, 0.5) is 4.39 Å². The van der Waals surface area contributed by atoms with E-state index in [2.05, 4.69) is 26.2 Å². The second-order valence-electron chi connectivity index (χ2n) is 4.47. The third-order valence-electron chi connectivity index (χ3n) is 2.86. The molecule has 0 bridgehead atoms. The molecule has 1 aromatic heterocycles. The van der Waals surface area contributed by atoms with Crippen LogP contribution in [0.2, 0.25) is 0 Å². The standard InChI is InChI=1S/C15H14BrFN2O2/c1-9-10(2)21-15(19-9)8-18-14(20)6-3-11-7-12(16)4-5-13(11)17/h3-7H,8H2,1-2H3,(H,18,20). The summed E-state index contributed by atoms with van der Waals surface area (Å²) >= 11 is 3.25. The van der Waals surface area contributed by atoms with Gasteiger partial charge in [0, 0.05) is 16.1 Å². The van der Waals surface area contributed by atoms with Crippen molar-refractivity contribution >= 4 is 27.9 Å². The summed E-state index contributed by atoms with van der Waals surface area (Å²) in [5.74, 6) is 0.440. The second-order valence-corrected chi connectivity index (χ2v) is 5.38. The van der Waals surface area contributed by atoms with E-state index in [1.807, 2.05) is 13.8 Å². The number of nitrogens with one attached hydrogen (secondary N) is 1. The fourth-order valence-electron chi connectivity index (χ4n) is 1.64. The van der Waals surface area contributed by atoms with Crippen LogP contribution in [0.3, 0.4) is 0 Å². The van der Waals surface area contributed by atoms with Crippen molar-refractivity contribution in [3.8, 4) is 0 Å². The first-order valence-corrected chi connectivity index (χ1v) is 7.09. The normalized spacial score (nSPS) is 11.0. The average molecular weight is 353 g/mol. The van der Waals surface area contributed by atoms with Gasteiger partial charge in [-0.1, -0.05) is 15.9 Å². The number of aryl methyl sites for hydroxylation is 2. The number of benzene rings is 1. The summed E-state index contributed by atoms with van der Waals surface area (Å²) in [5.41, 5.74) is 1.13. The number of aromatic nitrogens is 1. The quantitative estimate of drug-likeness (QED) is 0.856. The molecule has 0 atom stereocenters. The van der Waals surface area contributed by atoms with Gasteiger partial charge in [-0.05, 0) is 38.1 Å². The molecule has 21 heavy (non-hydrogen) atoms. The number of halogens is 2. The highest BCUT2D eigenvalue weighted by Crippen LogP contribution is 2.16. The summed E-state index contributed by atoms with van der Waals surface area (Å²) < 4.78 is 19.6. The van der Waals surface area contributed by atoms with Crippen molar-refractivity contribution in [2.24, 2.45) is 0 Å². The highest BCUT2D eigenvalue weighted by atomic mass is 79.9. The van der Waals surface area contributed by atoms with Crippen LogP contribution in [0, 0.1) is 19.7 Å². The third kappa shape index (κ3) is 4.26. The lowest BCUT2D eigenvalue weighted by atomic mass is 10.2. The van der Waals surface area contributed by atoms with E-state index in [4.69, 9.17) is 4.42 Å². The SMILES string of the molecule is Cc1nc(CNC(=O)C=Cc2cc(Br)ccc2F)oc1C. The van der Waals surface area contributed by atoms with Crippen molar-refractivity contribution in [1.29, 1.82) is 0 Å². The van der Waals surface area contributed by atoms with Gasteiger partial charge in [0.1, 0.15) is 11.6 Å². The molecule has 0 fully saturated rings. The minimum Gasteiger partial charge on any atom is -0.444 e. The van der Waals surface area contributed by atoms with Crippen molar-refractivity contribution in [2.75, 3.05) is 0 Å². The molecule has 0 aliphatic heterocycles. The Morgan fingerprint density at radius 1 is 1.48 bits per heavy atom. The van der Waals surface area contributed by atoms with Crippen LogP contribution in [-0.4, -0.2) is 10.9 Å². The van der Waals surface area contributed by atoms with Crippen LogP contribution in [0.25, 0.3) is 6.08 Å². The molecule has 0 unspecified atom stereocenters. The minimum absolute atomic E-state index is 0.193. The molecule has 0 aliphatic rings. The molecule has 2 rings (SSSR count). The van der Waals surface area contributed by atoms with Gasteiger partial charge in [0.2, 0.25) is 11.8 Å². The average Bonchev–Trinajstić information content (AvgIpc) is 2.76. The van der Waals surface area contributed by atoms with Crippen LogP contribution in [0.5, 0.6) is 0 Å². The van der Waals surface area contributed by atoms with Gasteiger partial charge in [0.25, 0.3) is 0 Å². The predicted octanol–water partition coefficient (Wildman–Crippen LogP) is 3.52. The van der Waals surface area contributed by atoms with Crippen LogP contribution in [-0.2, 0) is 11.3 Å². The van der Waals surface area contributed by atoms with Gasteiger partial charge in [0.05, 0.1) is 12.2 Å². The number of carbonyl (C=O) groups excluding carboxylic acids is 1. The zero-order valence-electron chi connectivity index (χ0n) is 11.6. The van der Waals surface area contributed by atoms with Gasteiger partial charge in [-0.2, -0.15) is 0 Å². The van der Waals surface area contributed by atoms with E-state index in [-0.39, 0.29) is 18.3 Å². The van der Waals surface area contributed by atoms with Crippen molar-refractivity contribution < 1.29 is 13.6 Å². The highest BCUT2D eigenvalue weighted by molar-refractivity contribution is 9.10. The molecule has 1 amide bonds. The van der Waals surface area contributed by atoms with Gasteiger partial charge < -0.3 is 9.73 Å². The van der Waals surface area contributed by atoms with Gasteiger partial charge in [-0.15, -0.1) is 0 Å². The number of amides is 1. The summed E-state index contributed by atoms with van der Waals surface area (Å²) in [6, 6.07) is 4.53. The maximum absolute atomic E-state index is 13.5. The Bertz CT molecular complexity index is 675. The first kappa shape index (κ1) is 15.4. The predicted molar refractivity (Wildman–Crippen MR) is 81.0 cm³/mol. The number of carbonyl (C=O) groups is 1. The van der Waals surface area contributed by atoms with Crippen molar-refractivity contribution in [2.45, 2.75) is 20.4 Å². The van der Waals surface area contributed by atoms with E-state index in [1.165, 1.54) is 18.2 Å². The summed E-state index contributed by atoms with van der Waals surface area (Å²) in [4.78, 5) is 15.8. The lowest BCUT2D eigenvalue weighted by Crippen LogP contribution is -2.20. The molecule has 0 saturated heterocycles. The fraction of sp³-hybridized carbons (Fsp3) is 0.200. The van der Waals surface area contributed by atoms with E-state index in [1.54, 1.807) is 12.1 Å². The van der Waals surface area contributed by atoms with Gasteiger partial charge >= 0.3 is 0 Å². The molecule has 0 spiro atoms. The van der Waals surface area contributed by atoms with E-state index in [0.29, 0.717) is 11.5 Å². The molecule has 1 N–H and O–H groups in total.